The fourth-order valence-electron chi connectivity index (χ4n) is 1.33. The summed E-state index contributed by atoms with van der Waals surface area (Å²) in [5.41, 5.74) is 0.558. The van der Waals surface area contributed by atoms with Crippen molar-refractivity contribution in [3.05, 3.63) is 34.1 Å². The summed E-state index contributed by atoms with van der Waals surface area (Å²) in [6.07, 6.45) is 0.387. The van der Waals surface area contributed by atoms with Gasteiger partial charge >= 0.3 is 0 Å². The summed E-state index contributed by atoms with van der Waals surface area (Å²) < 4.78 is 14.0. The number of hydrogen-bond acceptors (Lipinski definition) is 1. The van der Waals surface area contributed by atoms with Gasteiger partial charge in [0.15, 0.2) is 0 Å². The Balaban J connectivity index is 2.26. The molecule has 4 heteroatoms. The SMILES string of the molecule is O=C1CC(c2ccc(Br)cc2F)N1. The Hall–Kier alpha value is -0.900. The van der Waals surface area contributed by atoms with E-state index in [1.807, 2.05) is 0 Å². The zero-order chi connectivity index (χ0) is 9.42. The standard InChI is InChI=1S/C9H7BrFNO/c10-5-1-2-6(7(11)3-5)8-4-9(13)12-8/h1-3,8H,4H2,(H,12,13). The smallest absolute Gasteiger partial charge is 0.222 e. The molecule has 0 radical (unpaired) electrons. The molecule has 1 aromatic rings. The van der Waals surface area contributed by atoms with Crippen molar-refractivity contribution in [1.82, 2.24) is 5.32 Å². The molecule has 1 amide bonds. The van der Waals surface area contributed by atoms with Gasteiger partial charge in [0.25, 0.3) is 0 Å². The lowest BCUT2D eigenvalue weighted by atomic mass is 9.97. The Morgan fingerprint density at radius 2 is 2.23 bits per heavy atom. The third-order valence-corrected chi connectivity index (χ3v) is 2.56. The highest BCUT2D eigenvalue weighted by molar-refractivity contribution is 9.10. The maximum absolute atomic E-state index is 13.3. The van der Waals surface area contributed by atoms with Crippen LogP contribution >= 0.6 is 15.9 Å². The average molecular weight is 244 g/mol. The molecule has 0 aromatic heterocycles. The summed E-state index contributed by atoms with van der Waals surface area (Å²) in [7, 11) is 0. The molecular formula is C9H7BrFNO. The molecule has 0 aliphatic carbocycles. The van der Waals surface area contributed by atoms with Crippen molar-refractivity contribution in [1.29, 1.82) is 0 Å². The normalized spacial score (nSPS) is 20.8. The van der Waals surface area contributed by atoms with E-state index in [2.05, 4.69) is 21.2 Å². The zero-order valence-corrected chi connectivity index (χ0v) is 8.27. The van der Waals surface area contributed by atoms with Gasteiger partial charge in [-0.3, -0.25) is 4.79 Å². The Bertz CT molecular complexity index is 359. The van der Waals surface area contributed by atoms with Crippen LogP contribution in [0.25, 0.3) is 0 Å². The van der Waals surface area contributed by atoms with Crippen LogP contribution in [0.1, 0.15) is 18.0 Å². The Labute approximate surface area is 83.3 Å². The van der Waals surface area contributed by atoms with Gasteiger partial charge in [-0.2, -0.15) is 0 Å². The predicted molar refractivity (Wildman–Crippen MR) is 49.6 cm³/mol. The van der Waals surface area contributed by atoms with E-state index in [1.165, 1.54) is 6.07 Å². The molecular weight excluding hydrogens is 237 g/mol. The van der Waals surface area contributed by atoms with Crippen molar-refractivity contribution < 1.29 is 9.18 Å². The number of carbonyl (C=O) groups is 1. The van der Waals surface area contributed by atoms with Crippen molar-refractivity contribution in [2.75, 3.05) is 0 Å². The average Bonchev–Trinajstić information content (AvgIpc) is 2.00. The molecule has 1 aromatic carbocycles. The van der Waals surface area contributed by atoms with Gasteiger partial charge < -0.3 is 5.32 Å². The van der Waals surface area contributed by atoms with E-state index >= 15 is 0 Å². The topological polar surface area (TPSA) is 29.1 Å². The summed E-state index contributed by atoms with van der Waals surface area (Å²) in [6.45, 7) is 0. The van der Waals surface area contributed by atoms with E-state index in [-0.39, 0.29) is 17.8 Å². The van der Waals surface area contributed by atoms with Crippen LogP contribution in [-0.4, -0.2) is 5.91 Å². The minimum atomic E-state index is -0.278. The first-order chi connectivity index (χ1) is 6.16. The number of nitrogens with one attached hydrogen (secondary N) is 1. The number of amides is 1. The molecule has 1 unspecified atom stereocenters. The van der Waals surface area contributed by atoms with E-state index in [0.29, 0.717) is 16.5 Å². The lowest BCUT2D eigenvalue weighted by Crippen LogP contribution is -2.41. The van der Waals surface area contributed by atoms with Crippen LogP contribution in [0.15, 0.2) is 22.7 Å². The largest absolute Gasteiger partial charge is 0.349 e. The lowest BCUT2D eigenvalue weighted by molar-refractivity contribution is -0.128. The second-order valence-electron chi connectivity index (χ2n) is 2.99. The van der Waals surface area contributed by atoms with Gasteiger partial charge in [0.05, 0.1) is 12.5 Å². The molecule has 1 N–H and O–H groups in total. The zero-order valence-electron chi connectivity index (χ0n) is 6.68. The second kappa shape index (κ2) is 3.10. The number of halogens is 2. The van der Waals surface area contributed by atoms with Gasteiger partial charge in [-0.1, -0.05) is 22.0 Å². The monoisotopic (exact) mass is 243 g/mol. The molecule has 0 spiro atoms. The molecule has 1 atom stereocenters. The van der Waals surface area contributed by atoms with Crippen molar-refractivity contribution in [3.8, 4) is 0 Å². The lowest BCUT2D eigenvalue weighted by Gasteiger charge is -2.27. The fraction of sp³-hybridized carbons (Fsp3) is 0.222. The van der Waals surface area contributed by atoms with Crippen molar-refractivity contribution in [2.45, 2.75) is 12.5 Å². The number of hydrogen-bond donors (Lipinski definition) is 1. The van der Waals surface area contributed by atoms with E-state index in [9.17, 15) is 9.18 Å². The molecule has 1 aliphatic rings. The van der Waals surface area contributed by atoms with Crippen molar-refractivity contribution in [3.63, 3.8) is 0 Å². The highest BCUT2D eigenvalue weighted by atomic mass is 79.9. The molecule has 1 fully saturated rings. The maximum Gasteiger partial charge on any atom is 0.222 e. The first-order valence-electron chi connectivity index (χ1n) is 3.91. The van der Waals surface area contributed by atoms with Crippen molar-refractivity contribution in [2.24, 2.45) is 0 Å². The van der Waals surface area contributed by atoms with Crippen LogP contribution in [0.4, 0.5) is 4.39 Å². The first-order valence-corrected chi connectivity index (χ1v) is 4.70. The Morgan fingerprint density at radius 3 is 2.77 bits per heavy atom. The first kappa shape index (κ1) is 8.69. The van der Waals surface area contributed by atoms with Crippen molar-refractivity contribution >= 4 is 21.8 Å². The molecule has 1 saturated heterocycles. The van der Waals surface area contributed by atoms with Crippen LogP contribution < -0.4 is 5.32 Å². The van der Waals surface area contributed by atoms with Crippen LogP contribution in [0, 0.1) is 5.82 Å². The molecule has 1 heterocycles. The highest BCUT2D eigenvalue weighted by Gasteiger charge is 2.28. The summed E-state index contributed by atoms with van der Waals surface area (Å²) in [5, 5.41) is 2.63. The molecule has 0 bridgehead atoms. The quantitative estimate of drug-likeness (QED) is 0.753. The van der Waals surface area contributed by atoms with Gasteiger partial charge in [0, 0.05) is 10.0 Å². The van der Waals surface area contributed by atoms with E-state index in [1.54, 1.807) is 12.1 Å². The van der Waals surface area contributed by atoms with E-state index in [4.69, 9.17) is 0 Å². The minimum Gasteiger partial charge on any atom is -0.349 e. The molecule has 68 valence electrons. The maximum atomic E-state index is 13.3. The third-order valence-electron chi connectivity index (χ3n) is 2.06. The number of β-lactam (4-membered cyclic amide) rings is 1. The van der Waals surface area contributed by atoms with E-state index in [0.717, 1.165) is 0 Å². The number of benzene rings is 1. The van der Waals surface area contributed by atoms with Gasteiger partial charge in [0.2, 0.25) is 5.91 Å². The molecule has 1 aliphatic heterocycles. The molecule has 2 rings (SSSR count). The van der Waals surface area contributed by atoms with Gasteiger partial charge in [-0.15, -0.1) is 0 Å². The van der Waals surface area contributed by atoms with Crippen LogP contribution in [-0.2, 0) is 4.79 Å². The summed E-state index contributed by atoms with van der Waals surface area (Å²) >= 11 is 3.17. The van der Waals surface area contributed by atoms with Crippen LogP contribution in [0.2, 0.25) is 0 Å². The second-order valence-corrected chi connectivity index (χ2v) is 3.91. The molecule has 0 saturated carbocycles. The Kier molecular flexibility index (Phi) is 2.07. The Morgan fingerprint density at radius 1 is 1.54 bits per heavy atom. The molecule has 2 nitrogen and oxygen atoms in total. The number of rotatable bonds is 1. The van der Waals surface area contributed by atoms with Crippen LogP contribution in [0.3, 0.4) is 0 Å². The van der Waals surface area contributed by atoms with Gasteiger partial charge in [-0.25, -0.2) is 4.39 Å². The van der Waals surface area contributed by atoms with Gasteiger partial charge in [0.1, 0.15) is 5.82 Å². The van der Waals surface area contributed by atoms with Gasteiger partial charge in [-0.05, 0) is 12.1 Å². The summed E-state index contributed by atoms with van der Waals surface area (Å²) in [4.78, 5) is 10.6. The van der Waals surface area contributed by atoms with E-state index < -0.39 is 0 Å². The molecule has 13 heavy (non-hydrogen) atoms. The summed E-state index contributed by atoms with van der Waals surface area (Å²) in [6, 6.07) is 4.72. The van der Waals surface area contributed by atoms with Crippen LogP contribution in [0.5, 0.6) is 0 Å². The third kappa shape index (κ3) is 1.58. The minimum absolute atomic E-state index is 0.0210. The predicted octanol–water partition coefficient (Wildman–Crippen LogP) is 2.15. The fourth-order valence-corrected chi connectivity index (χ4v) is 1.66. The highest BCUT2D eigenvalue weighted by Crippen LogP contribution is 2.27. The number of carbonyl (C=O) groups excluding carboxylic acids is 1. The summed E-state index contributed by atoms with van der Waals surface area (Å²) in [5.74, 6) is -0.299.